The van der Waals surface area contributed by atoms with Gasteiger partial charge in [0.2, 0.25) is 5.91 Å². The predicted molar refractivity (Wildman–Crippen MR) is 136 cm³/mol. The first-order valence-corrected chi connectivity index (χ1v) is 12.2. The SMILES string of the molecule is CC1=NC2=C(C(=O)C[C@H](c3ccccc3)C2)[C@H](c2ccc(F)cc2)C1C(=O)Nc1ccccc1C(F)(F)F. The van der Waals surface area contributed by atoms with Crippen molar-refractivity contribution in [3.63, 3.8) is 0 Å². The van der Waals surface area contributed by atoms with Crippen molar-refractivity contribution in [1.82, 2.24) is 0 Å². The molecule has 4 nitrogen and oxygen atoms in total. The van der Waals surface area contributed by atoms with E-state index in [2.05, 4.69) is 10.3 Å². The molecular formula is C30H24F4N2O2. The number of carbonyl (C=O) groups is 2. The molecule has 38 heavy (non-hydrogen) atoms. The average Bonchev–Trinajstić information content (AvgIpc) is 2.88. The molecule has 3 atom stereocenters. The molecule has 1 aliphatic carbocycles. The Bertz CT molecular complexity index is 1440. The molecular weight excluding hydrogens is 496 g/mol. The lowest BCUT2D eigenvalue weighted by Crippen LogP contribution is -2.40. The first-order chi connectivity index (χ1) is 18.1. The second-order valence-electron chi connectivity index (χ2n) is 9.59. The fourth-order valence-electron chi connectivity index (χ4n) is 5.44. The van der Waals surface area contributed by atoms with Crippen LogP contribution in [0.5, 0.6) is 0 Å². The van der Waals surface area contributed by atoms with Crippen LogP contribution < -0.4 is 5.32 Å². The molecule has 8 heteroatoms. The lowest BCUT2D eigenvalue weighted by atomic mass is 9.69. The number of para-hydroxylation sites is 1. The van der Waals surface area contributed by atoms with Crippen LogP contribution in [0.2, 0.25) is 0 Å². The van der Waals surface area contributed by atoms with E-state index in [1.165, 1.54) is 42.5 Å². The van der Waals surface area contributed by atoms with Gasteiger partial charge in [-0.25, -0.2) is 4.39 Å². The maximum absolute atomic E-state index is 13.8. The van der Waals surface area contributed by atoms with Gasteiger partial charge in [0.25, 0.3) is 0 Å². The second kappa shape index (κ2) is 10.0. The summed E-state index contributed by atoms with van der Waals surface area (Å²) in [7, 11) is 0. The highest BCUT2D eigenvalue weighted by molar-refractivity contribution is 6.13. The van der Waals surface area contributed by atoms with Crippen molar-refractivity contribution in [1.29, 1.82) is 0 Å². The Morgan fingerprint density at radius 1 is 0.895 bits per heavy atom. The second-order valence-corrected chi connectivity index (χ2v) is 9.59. The van der Waals surface area contributed by atoms with Gasteiger partial charge >= 0.3 is 6.18 Å². The molecule has 3 aromatic rings. The van der Waals surface area contributed by atoms with E-state index in [4.69, 9.17) is 0 Å². The molecule has 0 radical (unpaired) electrons. The molecule has 1 unspecified atom stereocenters. The van der Waals surface area contributed by atoms with Gasteiger partial charge in [-0.2, -0.15) is 13.2 Å². The Kier molecular flexibility index (Phi) is 6.73. The van der Waals surface area contributed by atoms with Gasteiger partial charge in [0.1, 0.15) is 5.82 Å². The first kappa shape index (κ1) is 25.6. The zero-order valence-corrected chi connectivity index (χ0v) is 20.4. The molecule has 3 aromatic carbocycles. The number of carbonyl (C=O) groups excluding carboxylic acids is 2. The van der Waals surface area contributed by atoms with E-state index >= 15 is 0 Å². The van der Waals surface area contributed by atoms with Crippen molar-refractivity contribution >= 4 is 23.1 Å². The fraction of sp³-hybridized carbons (Fsp3) is 0.233. The number of rotatable bonds is 4. The van der Waals surface area contributed by atoms with Gasteiger partial charge in [-0.05, 0) is 54.7 Å². The van der Waals surface area contributed by atoms with E-state index in [-0.39, 0.29) is 23.8 Å². The molecule has 194 valence electrons. The van der Waals surface area contributed by atoms with Gasteiger partial charge in [-0.1, -0.05) is 54.6 Å². The third-order valence-corrected chi connectivity index (χ3v) is 7.16. The van der Waals surface area contributed by atoms with Crippen molar-refractivity contribution in [3.8, 4) is 0 Å². The molecule has 0 saturated carbocycles. The summed E-state index contributed by atoms with van der Waals surface area (Å²) in [5.74, 6) is -3.34. The number of allylic oxidation sites excluding steroid dienone is 2. The van der Waals surface area contributed by atoms with E-state index in [1.807, 2.05) is 30.3 Å². The summed E-state index contributed by atoms with van der Waals surface area (Å²) in [6.07, 6.45) is -3.98. The van der Waals surface area contributed by atoms with Crippen LogP contribution in [0.3, 0.4) is 0 Å². The molecule has 1 heterocycles. The zero-order valence-electron chi connectivity index (χ0n) is 20.4. The highest BCUT2D eigenvalue weighted by Gasteiger charge is 2.44. The van der Waals surface area contributed by atoms with E-state index in [9.17, 15) is 27.2 Å². The summed E-state index contributed by atoms with van der Waals surface area (Å²) in [6, 6.07) is 19.8. The van der Waals surface area contributed by atoms with Crippen molar-refractivity contribution < 1.29 is 27.2 Å². The molecule has 1 aliphatic heterocycles. The van der Waals surface area contributed by atoms with Crippen LogP contribution in [0.15, 0.2) is 95.1 Å². The van der Waals surface area contributed by atoms with Crippen LogP contribution in [0.4, 0.5) is 23.2 Å². The summed E-state index contributed by atoms with van der Waals surface area (Å²) in [5, 5.41) is 2.43. The minimum Gasteiger partial charge on any atom is -0.325 e. The number of alkyl halides is 3. The lowest BCUT2D eigenvalue weighted by Gasteiger charge is -2.37. The summed E-state index contributed by atoms with van der Waals surface area (Å²) in [4.78, 5) is 31.9. The Labute approximate surface area is 217 Å². The van der Waals surface area contributed by atoms with Crippen molar-refractivity contribution in [2.75, 3.05) is 5.32 Å². The van der Waals surface area contributed by atoms with E-state index in [1.54, 1.807) is 6.92 Å². The fourth-order valence-corrected chi connectivity index (χ4v) is 5.44. The number of benzene rings is 3. The number of halogens is 4. The number of hydrogen-bond donors (Lipinski definition) is 1. The molecule has 2 aliphatic rings. The van der Waals surface area contributed by atoms with Gasteiger partial charge in [0.05, 0.1) is 17.2 Å². The van der Waals surface area contributed by atoms with Gasteiger partial charge in [-0.15, -0.1) is 0 Å². The lowest BCUT2D eigenvalue weighted by molar-refractivity contribution is -0.137. The smallest absolute Gasteiger partial charge is 0.325 e. The Morgan fingerprint density at radius 2 is 1.55 bits per heavy atom. The molecule has 1 amide bonds. The molecule has 0 spiro atoms. The van der Waals surface area contributed by atoms with Crippen LogP contribution in [0, 0.1) is 11.7 Å². The minimum atomic E-state index is -4.67. The van der Waals surface area contributed by atoms with E-state index in [0.29, 0.717) is 29.0 Å². The highest BCUT2D eigenvalue weighted by atomic mass is 19.4. The van der Waals surface area contributed by atoms with Gasteiger partial charge in [0, 0.05) is 29.3 Å². The Hall–Kier alpha value is -4.07. The summed E-state index contributed by atoms with van der Waals surface area (Å²) >= 11 is 0. The molecule has 5 rings (SSSR count). The molecule has 0 saturated heterocycles. The van der Waals surface area contributed by atoms with Gasteiger partial charge in [-0.3, -0.25) is 14.6 Å². The predicted octanol–water partition coefficient (Wildman–Crippen LogP) is 7.06. The zero-order chi connectivity index (χ0) is 27.0. The van der Waals surface area contributed by atoms with Crippen molar-refractivity contribution in [2.45, 2.75) is 37.8 Å². The molecule has 0 fully saturated rings. The number of Topliss-reactive ketones (excluding diaryl/α,β-unsaturated/α-hetero) is 1. The third-order valence-electron chi connectivity index (χ3n) is 7.16. The Morgan fingerprint density at radius 3 is 2.24 bits per heavy atom. The van der Waals surface area contributed by atoms with Crippen LogP contribution >= 0.6 is 0 Å². The average molecular weight is 521 g/mol. The number of hydrogen-bond acceptors (Lipinski definition) is 3. The number of nitrogens with one attached hydrogen (secondary N) is 1. The molecule has 1 N–H and O–H groups in total. The summed E-state index contributed by atoms with van der Waals surface area (Å²) in [5.41, 5.74) is 1.46. The van der Waals surface area contributed by atoms with E-state index < -0.39 is 35.3 Å². The highest BCUT2D eigenvalue weighted by Crippen LogP contribution is 2.47. The van der Waals surface area contributed by atoms with Crippen LogP contribution in [-0.2, 0) is 15.8 Å². The molecule has 0 aromatic heterocycles. The Balaban J connectivity index is 1.56. The number of ketones is 1. The molecule has 0 bridgehead atoms. The number of nitrogens with zero attached hydrogens (tertiary/aromatic N) is 1. The van der Waals surface area contributed by atoms with Crippen LogP contribution in [0.1, 0.15) is 48.3 Å². The van der Waals surface area contributed by atoms with Crippen LogP contribution in [0.25, 0.3) is 0 Å². The maximum atomic E-state index is 13.8. The number of amides is 1. The van der Waals surface area contributed by atoms with Crippen molar-refractivity contribution in [2.24, 2.45) is 10.9 Å². The summed E-state index contributed by atoms with van der Waals surface area (Å²) < 4.78 is 54.5. The number of anilines is 1. The minimum absolute atomic E-state index is 0.0862. The van der Waals surface area contributed by atoms with E-state index in [0.717, 1.165) is 11.6 Å². The van der Waals surface area contributed by atoms with Gasteiger partial charge < -0.3 is 5.32 Å². The standard InChI is InChI=1S/C30H24F4N2O2/c1-17-26(29(38)36-23-10-6-5-9-22(23)30(32,33)34)27(19-11-13-21(31)14-12-19)28-24(35-17)15-20(16-25(28)37)18-7-3-2-4-8-18/h2-14,20,26-27H,15-16H2,1H3,(H,36,38)/t20-,26?,27-/m1/s1. The largest absolute Gasteiger partial charge is 0.418 e. The number of aliphatic imine (C=N–C) groups is 1. The quantitative estimate of drug-likeness (QED) is 0.375. The van der Waals surface area contributed by atoms with Crippen LogP contribution in [-0.4, -0.2) is 17.4 Å². The third kappa shape index (κ3) is 4.90. The monoisotopic (exact) mass is 520 g/mol. The van der Waals surface area contributed by atoms with Crippen molar-refractivity contribution in [3.05, 3.63) is 113 Å². The van der Waals surface area contributed by atoms with Gasteiger partial charge in [0.15, 0.2) is 5.78 Å². The normalized spacial score (nSPS) is 21.6. The maximum Gasteiger partial charge on any atom is 0.418 e. The first-order valence-electron chi connectivity index (χ1n) is 12.2. The topological polar surface area (TPSA) is 58.5 Å². The summed E-state index contributed by atoms with van der Waals surface area (Å²) in [6.45, 7) is 1.64.